The van der Waals surface area contributed by atoms with Crippen molar-refractivity contribution in [3.8, 4) is 5.75 Å². The molecule has 1 N–H and O–H groups in total. The molecular weight excluding hydrogens is 379 g/mol. The topological polar surface area (TPSA) is 85.4 Å². The van der Waals surface area contributed by atoms with E-state index in [0.717, 1.165) is 29.0 Å². The Morgan fingerprint density at radius 1 is 1.23 bits per heavy atom. The van der Waals surface area contributed by atoms with Crippen LogP contribution in [-0.2, 0) is 14.6 Å². The molecule has 9 heteroatoms. The molecule has 3 rings (SSSR count). The maximum absolute atomic E-state index is 12.9. The van der Waals surface area contributed by atoms with E-state index in [4.69, 9.17) is 4.74 Å². The number of amides is 1. The molecular formula is C17H15FN2O4S2. The summed E-state index contributed by atoms with van der Waals surface area (Å²) in [4.78, 5) is 16.2. The van der Waals surface area contributed by atoms with Crippen LogP contribution in [0.3, 0.4) is 0 Å². The Labute approximate surface area is 153 Å². The number of hydrogen-bond acceptors (Lipinski definition) is 6. The lowest BCUT2D eigenvalue weighted by Gasteiger charge is -2.04. The summed E-state index contributed by atoms with van der Waals surface area (Å²) in [7, 11) is -3.86. The van der Waals surface area contributed by atoms with Crippen LogP contribution in [-0.4, -0.2) is 31.7 Å². The number of halogens is 1. The second-order valence-corrected chi connectivity index (χ2v) is 8.36. The largest absolute Gasteiger partial charge is 0.494 e. The maximum Gasteiger partial charge on any atom is 0.241 e. The Kier molecular flexibility index (Phi) is 5.19. The second-order valence-electron chi connectivity index (χ2n) is 5.34. The molecule has 1 heterocycles. The van der Waals surface area contributed by atoms with Gasteiger partial charge in [-0.05, 0) is 49.4 Å². The zero-order chi connectivity index (χ0) is 18.7. The number of benzene rings is 2. The van der Waals surface area contributed by atoms with Crippen molar-refractivity contribution in [3.05, 3.63) is 48.3 Å². The Morgan fingerprint density at radius 3 is 2.65 bits per heavy atom. The lowest BCUT2D eigenvalue weighted by molar-refractivity contribution is -0.113. The summed E-state index contributed by atoms with van der Waals surface area (Å²) >= 11 is 1.22. The van der Waals surface area contributed by atoms with E-state index in [1.807, 2.05) is 6.92 Å². The number of rotatable bonds is 6. The van der Waals surface area contributed by atoms with E-state index in [1.165, 1.54) is 11.3 Å². The standard InChI is InChI=1S/C17H15FN2O4S2/c1-2-24-12-5-8-14-15(9-12)25-17(19-14)20-16(21)10-26(22,23)13-6-3-11(18)4-7-13/h3-9H,2,10H2,1H3,(H,19,20,21). The first kappa shape index (κ1) is 18.3. The Balaban J connectivity index is 1.73. The number of nitrogens with zero attached hydrogens (tertiary/aromatic N) is 1. The highest BCUT2D eigenvalue weighted by atomic mass is 32.2. The first-order chi connectivity index (χ1) is 12.4. The summed E-state index contributed by atoms with van der Waals surface area (Å²) in [6, 6.07) is 9.68. The zero-order valence-corrected chi connectivity index (χ0v) is 15.4. The summed E-state index contributed by atoms with van der Waals surface area (Å²) in [5.41, 5.74) is 0.676. The molecule has 2 aromatic carbocycles. The predicted molar refractivity (Wildman–Crippen MR) is 97.9 cm³/mol. The van der Waals surface area contributed by atoms with Gasteiger partial charge >= 0.3 is 0 Å². The zero-order valence-electron chi connectivity index (χ0n) is 13.7. The summed E-state index contributed by atoms with van der Waals surface area (Å²) in [6.45, 7) is 2.42. The number of sulfone groups is 1. The minimum absolute atomic E-state index is 0.111. The normalized spacial score (nSPS) is 11.5. The number of hydrogen-bond donors (Lipinski definition) is 1. The fourth-order valence-corrected chi connectivity index (χ4v) is 4.31. The van der Waals surface area contributed by atoms with E-state index in [-0.39, 0.29) is 4.90 Å². The highest BCUT2D eigenvalue weighted by Crippen LogP contribution is 2.29. The van der Waals surface area contributed by atoms with Gasteiger partial charge in [-0.1, -0.05) is 11.3 Å². The summed E-state index contributed by atoms with van der Waals surface area (Å²) < 4.78 is 43.6. The number of thiazole rings is 1. The van der Waals surface area contributed by atoms with E-state index in [0.29, 0.717) is 23.0 Å². The smallest absolute Gasteiger partial charge is 0.241 e. The molecule has 0 aliphatic rings. The third-order valence-corrected chi connectivity index (χ3v) is 5.98. The number of carbonyl (C=O) groups excluding carboxylic acids is 1. The molecule has 3 aromatic rings. The molecule has 6 nitrogen and oxygen atoms in total. The van der Waals surface area contributed by atoms with Gasteiger partial charge in [0.15, 0.2) is 15.0 Å². The summed E-state index contributed by atoms with van der Waals surface area (Å²) in [5, 5.41) is 2.79. The van der Waals surface area contributed by atoms with Crippen molar-refractivity contribution in [3.63, 3.8) is 0 Å². The predicted octanol–water partition coefficient (Wildman–Crippen LogP) is 3.25. The lowest BCUT2D eigenvalue weighted by atomic mass is 10.3. The van der Waals surface area contributed by atoms with Crippen LogP contribution in [0.25, 0.3) is 10.2 Å². The van der Waals surface area contributed by atoms with Crippen LogP contribution in [0.1, 0.15) is 6.92 Å². The van der Waals surface area contributed by atoms with E-state index in [9.17, 15) is 17.6 Å². The fraction of sp³-hybridized carbons (Fsp3) is 0.176. The average Bonchev–Trinajstić information content (AvgIpc) is 2.96. The molecule has 0 aliphatic carbocycles. The summed E-state index contributed by atoms with van der Waals surface area (Å²) in [5.74, 6) is -1.31. The molecule has 136 valence electrons. The number of fused-ring (bicyclic) bond motifs is 1. The quantitative estimate of drug-likeness (QED) is 0.649. The van der Waals surface area contributed by atoms with E-state index >= 15 is 0 Å². The Hall–Kier alpha value is -2.52. The van der Waals surface area contributed by atoms with Crippen molar-refractivity contribution in [2.24, 2.45) is 0 Å². The van der Waals surface area contributed by atoms with Gasteiger partial charge in [0.05, 0.1) is 21.7 Å². The molecule has 0 radical (unpaired) electrons. The molecule has 26 heavy (non-hydrogen) atoms. The molecule has 0 spiro atoms. The van der Waals surface area contributed by atoms with Crippen LogP contribution < -0.4 is 10.1 Å². The van der Waals surface area contributed by atoms with Crippen LogP contribution in [0.4, 0.5) is 9.52 Å². The van der Waals surface area contributed by atoms with Crippen molar-refractivity contribution < 1.29 is 22.3 Å². The van der Waals surface area contributed by atoms with Gasteiger partial charge in [0.1, 0.15) is 17.3 Å². The lowest BCUT2D eigenvalue weighted by Crippen LogP contribution is -2.22. The van der Waals surface area contributed by atoms with Crippen molar-refractivity contribution in [2.75, 3.05) is 17.7 Å². The van der Waals surface area contributed by atoms with E-state index in [2.05, 4.69) is 10.3 Å². The maximum atomic E-state index is 12.9. The average molecular weight is 394 g/mol. The summed E-state index contributed by atoms with van der Waals surface area (Å²) in [6.07, 6.45) is 0. The molecule has 0 saturated carbocycles. The molecule has 1 amide bonds. The fourth-order valence-electron chi connectivity index (χ4n) is 2.27. The number of aromatic nitrogens is 1. The van der Waals surface area contributed by atoms with Crippen LogP contribution in [0.15, 0.2) is 47.4 Å². The van der Waals surface area contributed by atoms with Crippen LogP contribution in [0.2, 0.25) is 0 Å². The van der Waals surface area contributed by atoms with Gasteiger partial charge < -0.3 is 10.1 Å². The Bertz CT molecular complexity index is 1050. The van der Waals surface area contributed by atoms with Gasteiger partial charge in [-0.3, -0.25) is 4.79 Å². The molecule has 0 fully saturated rings. The van der Waals surface area contributed by atoms with Gasteiger partial charge in [-0.15, -0.1) is 0 Å². The minimum atomic E-state index is -3.86. The number of ether oxygens (including phenoxy) is 1. The molecule has 0 aliphatic heterocycles. The second kappa shape index (κ2) is 7.38. The van der Waals surface area contributed by atoms with Crippen molar-refractivity contribution in [1.29, 1.82) is 0 Å². The Morgan fingerprint density at radius 2 is 1.96 bits per heavy atom. The van der Waals surface area contributed by atoms with E-state index < -0.39 is 27.3 Å². The van der Waals surface area contributed by atoms with Crippen molar-refractivity contribution in [2.45, 2.75) is 11.8 Å². The first-order valence-electron chi connectivity index (χ1n) is 7.69. The molecule has 0 saturated heterocycles. The molecule has 1 aromatic heterocycles. The first-order valence-corrected chi connectivity index (χ1v) is 10.2. The van der Waals surface area contributed by atoms with Gasteiger partial charge in [0.25, 0.3) is 0 Å². The highest BCUT2D eigenvalue weighted by Gasteiger charge is 2.20. The molecule has 0 unspecified atom stereocenters. The van der Waals surface area contributed by atoms with Crippen molar-refractivity contribution >= 4 is 42.4 Å². The highest BCUT2D eigenvalue weighted by molar-refractivity contribution is 7.92. The molecule has 0 atom stereocenters. The minimum Gasteiger partial charge on any atom is -0.494 e. The third-order valence-electron chi connectivity index (χ3n) is 3.41. The number of anilines is 1. The number of carbonyl (C=O) groups is 1. The van der Waals surface area contributed by atoms with Gasteiger partial charge in [-0.25, -0.2) is 17.8 Å². The molecule has 0 bridgehead atoms. The van der Waals surface area contributed by atoms with Gasteiger partial charge in [0, 0.05) is 0 Å². The number of nitrogens with one attached hydrogen (secondary N) is 1. The van der Waals surface area contributed by atoms with E-state index in [1.54, 1.807) is 18.2 Å². The van der Waals surface area contributed by atoms with Crippen LogP contribution in [0, 0.1) is 5.82 Å². The van der Waals surface area contributed by atoms with Crippen LogP contribution >= 0.6 is 11.3 Å². The SMILES string of the molecule is CCOc1ccc2nc(NC(=O)CS(=O)(=O)c3ccc(F)cc3)sc2c1. The van der Waals surface area contributed by atoms with Crippen molar-refractivity contribution in [1.82, 2.24) is 4.98 Å². The van der Waals surface area contributed by atoms with Crippen LogP contribution in [0.5, 0.6) is 5.75 Å². The van der Waals surface area contributed by atoms with Gasteiger partial charge in [-0.2, -0.15) is 0 Å². The third kappa shape index (κ3) is 4.17. The van der Waals surface area contributed by atoms with Gasteiger partial charge in [0.2, 0.25) is 5.91 Å². The monoisotopic (exact) mass is 394 g/mol.